The van der Waals surface area contributed by atoms with Crippen molar-refractivity contribution in [3.8, 4) is 5.75 Å². The van der Waals surface area contributed by atoms with Crippen LogP contribution >= 0.6 is 24.0 Å². The summed E-state index contributed by atoms with van der Waals surface area (Å²) in [7, 11) is 0. The number of amides is 1. The minimum atomic E-state index is -0.898. The summed E-state index contributed by atoms with van der Waals surface area (Å²) in [5.41, 5.74) is 1.43. The molecule has 0 radical (unpaired) electrons. The molecule has 5 nitrogen and oxygen atoms in total. The van der Waals surface area contributed by atoms with Gasteiger partial charge in [0.25, 0.3) is 5.91 Å². The van der Waals surface area contributed by atoms with Crippen molar-refractivity contribution in [2.45, 2.75) is 19.3 Å². The molecule has 0 atom stereocenters. The Labute approximate surface area is 149 Å². The van der Waals surface area contributed by atoms with E-state index in [1.54, 1.807) is 24.3 Å². The van der Waals surface area contributed by atoms with Crippen LogP contribution in [0.3, 0.4) is 0 Å². The van der Waals surface area contributed by atoms with E-state index in [1.807, 2.05) is 6.07 Å². The zero-order chi connectivity index (χ0) is 17.7. The van der Waals surface area contributed by atoms with E-state index in [2.05, 4.69) is 6.58 Å². The van der Waals surface area contributed by atoms with Crippen LogP contribution in [0.4, 0.5) is 0 Å². The Morgan fingerprint density at radius 1 is 1.42 bits per heavy atom. The Kier molecular flexibility index (Phi) is 6.16. The van der Waals surface area contributed by atoms with E-state index in [0.717, 1.165) is 5.56 Å². The second-order valence-corrected chi connectivity index (χ2v) is 6.84. The molecule has 0 bridgehead atoms. The van der Waals surface area contributed by atoms with Crippen molar-refractivity contribution in [1.82, 2.24) is 4.90 Å². The van der Waals surface area contributed by atoms with Gasteiger partial charge in [-0.3, -0.25) is 14.5 Å². The van der Waals surface area contributed by atoms with Gasteiger partial charge >= 0.3 is 5.97 Å². The number of rotatable bonds is 7. The molecule has 1 aliphatic rings. The van der Waals surface area contributed by atoms with Crippen LogP contribution in [0.15, 0.2) is 35.8 Å². The van der Waals surface area contributed by atoms with Crippen LogP contribution in [0.5, 0.6) is 5.75 Å². The molecule has 0 aromatic heterocycles. The molecule has 0 aliphatic carbocycles. The molecule has 0 spiro atoms. The third kappa shape index (κ3) is 4.24. The number of carbonyl (C=O) groups excluding carboxylic acids is 1. The number of hydrogen-bond acceptors (Lipinski definition) is 5. The number of benzene rings is 1. The van der Waals surface area contributed by atoms with E-state index in [1.165, 1.54) is 16.7 Å². The van der Waals surface area contributed by atoms with Gasteiger partial charge in [-0.1, -0.05) is 42.2 Å². The summed E-state index contributed by atoms with van der Waals surface area (Å²) in [4.78, 5) is 24.9. The van der Waals surface area contributed by atoms with Gasteiger partial charge in [0, 0.05) is 18.5 Å². The largest absolute Gasteiger partial charge is 0.508 e. The van der Waals surface area contributed by atoms with E-state index in [0.29, 0.717) is 27.6 Å². The summed E-state index contributed by atoms with van der Waals surface area (Å²) in [6.07, 6.45) is 4.21. The van der Waals surface area contributed by atoms with E-state index in [4.69, 9.17) is 17.3 Å². The van der Waals surface area contributed by atoms with Crippen LogP contribution < -0.4 is 0 Å². The second kappa shape index (κ2) is 8.12. The molecule has 1 aliphatic heterocycles. The van der Waals surface area contributed by atoms with Crippen LogP contribution in [0, 0.1) is 0 Å². The minimum absolute atomic E-state index is 0.00779. The maximum atomic E-state index is 12.5. The number of aromatic hydroxyl groups is 1. The maximum Gasteiger partial charge on any atom is 0.303 e. The van der Waals surface area contributed by atoms with Crippen molar-refractivity contribution in [3.63, 3.8) is 0 Å². The number of thioether (sulfide) groups is 1. The van der Waals surface area contributed by atoms with Crippen LogP contribution in [-0.4, -0.2) is 37.9 Å². The highest BCUT2D eigenvalue weighted by Crippen LogP contribution is 2.34. The number of carboxylic acid groups (broad SMARTS) is 1. The van der Waals surface area contributed by atoms with Crippen LogP contribution in [0.25, 0.3) is 6.08 Å². The Bertz CT molecular complexity index is 727. The molecule has 1 fully saturated rings. The highest BCUT2D eigenvalue weighted by molar-refractivity contribution is 8.26. The summed E-state index contributed by atoms with van der Waals surface area (Å²) in [6.45, 7) is 3.96. The molecule has 0 unspecified atom stereocenters. The molecule has 1 amide bonds. The number of phenolic OH excluding ortho intramolecular Hbond substituents is 1. The molecule has 1 aromatic rings. The topological polar surface area (TPSA) is 77.8 Å². The lowest BCUT2D eigenvalue weighted by Crippen LogP contribution is -2.29. The summed E-state index contributed by atoms with van der Waals surface area (Å²) < 4.78 is 0.419. The molecule has 126 valence electrons. The molecule has 24 heavy (non-hydrogen) atoms. The predicted molar refractivity (Wildman–Crippen MR) is 98.8 cm³/mol. The molecule has 2 rings (SSSR count). The van der Waals surface area contributed by atoms with Crippen molar-refractivity contribution in [2.24, 2.45) is 0 Å². The molecule has 0 saturated carbocycles. The summed E-state index contributed by atoms with van der Waals surface area (Å²) >= 11 is 6.40. The van der Waals surface area contributed by atoms with Crippen LogP contribution in [0.1, 0.15) is 24.0 Å². The van der Waals surface area contributed by atoms with E-state index >= 15 is 0 Å². The molecule has 2 N–H and O–H groups in total. The first-order valence-electron chi connectivity index (χ1n) is 7.33. The smallest absolute Gasteiger partial charge is 0.303 e. The fourth-order valence-electron chi connectivity index (χ4n) is 2.32. The van der Waals surface area contributed by atoms with Gasteiger partial charge in [0.05, 0.1) is 4.91 Å². The van der Waals surface area contributed by atoms with Crippen molar-refractivity contribution in [1.29, 1.82) is 0 Å². The van der Waals surface area contributed by atoms with Crippen LogP contribution in [0.2, 0.25) is 0 Å². The van der Waals surface area contributed by atoms with Gasteiger partial charge in [-0.05, 0) is 30.5 Å². The molecule has 1 heterocycles. The monoisotopic (exact) mass is 363 g/mol. The van der Waals surface area contributed by atoms with Crippen molar-refractivity contribution < 1.29 is 19.8 Å². The fraction of sp³-hybridized carbons (Fsp3) is 0.235. The van der Waals surface area contributed by atoms with E-state index in [-0.39, 0.29) is 24.6 Å². The Morgan fingerprint density at radius 3 is 2.83 bits per heavy atom. The lowest BCUT2D eigenvalue weighted by molar-refractivity contribution is -0.137. The summed E-state index contributed by atoms with van der Waals surface area (Å²) in [5, 5.41) is 18.7. The number of thiocarbonyl (C=S) groups is 1. The average molecular weight is 363 g/mol. The number of carbonyl (C=O) groups is 2. The number of hydrogen-bond donors (Lipinski definition) is 2. The highest BCUT2D eigenvalue weighted by atomic mass is 32.2. The standard InChI is InChI=1S/C17H17NO4S2/c1-2-5-12-11(6-3-7-13(12)19)10-14-16(22)18(17(23)24-14)9-4-8-15(20)21/h2-3,6-7,10,19H,1,4-5,8-9H2,(H,20,21)/b14-10-. The second-order valence-electron chi connectivity index (χ2n) is 5.17. The van der Waals surface area contributed by atoms with Gasteiger partial charge in [-0.25, -0.2) is 0 Å². The minimum Gasteiger partial charge on any atom is -0.508 e. The summed E-state index contributed by atoms with van der Waals surface area (Å²) in [6, 6.07) is 5.12. The number of nitrogens with zero attached hydrogens (tertiary/aromatic N) is 1. The Morgan fingerprint density at radius 2 is 2.17 bits per heavy atom. The maximum absolute atomic E-state index is 12.5. The molecule has 1 saturated heterocycles. The first-order valence-corrected chi connectivity index (χ1v) is 8.55. The third-order valence-electron chi connectivity index (χ3n) is 3.47. The highest BCUT2D eigenvalue weighted by Gasteiger charge is 2.31. The first kappa shape index (κ1) is 18.2. The zero-order valence-corrected chi connectivity index (χ0v) is 14.5. The third-order valence-corrected chi connectivity index (χ3v) is 4.85. The SMILES string of the molecule is C=CCc1c(O)cccc1/C=C1\SC(=S)N(CCCC(=O)O)C1=O. The number of carboxylic acids is 1. The van der Waals surface area contributed by atoms with E-state index in [9.17, 15) is 14.7 Å². The van der Waals surface area contributed by atoms with E-state index < -0.39 is 5.97 Å². The van der Waals surface area contributed by atoms with Gasteiger partial charge in [0.2, 0.25) is 0 Å². The van der Waals surface area contributed by atoms with Crippen molar-refractivity contribution in [2.75, 3.05) is 6.54 Å². The summed E-state index contributed by atoms with van der Waals surface area (Å²) in [5.74, 6) is -0.978. The van der Waals surface area contributed by atoms with Gasteiger partial charge in [-0.15, -0.1) is 6.58 Å². The molecular formula is C17H17NO4S2. The zero-order valence-electron chi connectivity index (χ0n) is 12.9. The predicted octanol–water partition coefficient (Wildman–Crippen LogP) is 3.19. The fourth-order valence-corrected chi connectivity index (χ4v) is 3.62. The molecular weight excluding hydrogens is 346 g/mol. The lowest BCUT2D eigenvalue weighted by Gasteiger charge is -2.13. The average Bonchev–Trinajstić information content (AvgIpc) is 2.78. The molecule has 7 heteroatoms. The molecule has 1 aromatic carbocycles. The normalized spacial score (nSPS) is 16.0. The van der Waals surface area contributed by atoms with Crippen LogP contribution in [-0.2, 0) is 16.0 Å². The van der Waals surface area contributed by atoms with Crippen molar-refractivity contribution in [3.05, 3.63) is 46.9 Å². The number of phenols is 1. The quantitative estimate of drug-likeness (QED) is 0.440. The Hall–Kier alpha value is -2.12. The van der Waals surface area contributed by atoms with Crippen molar-refractivity contribution >= 4 is 46.3 Å². The lowest BCUT2D eigenvalue weighted by atomic mass is 10.0. The number of allylic oxidation sites excluding steroid dienone is 1. The first-order chi connectivity index (χ1) is 11.4. The number of aliphatic carboxylic acids is 1. The Balaban J connectivity index is 2.21. The van der Waals surface area contributed by atoms with Gasteiger partial charge < -0.3 is 10.2 Å². The van der Waals surface area contributed by atoms with Gasteiger partial charge in [-0.2, -0.15) is 0 Å². The van der Waals surface area contributed by atoms with Gasteiger partial charge in [0.15, 0.2) is 0 Å². The van der Waals surface area contributed by atoms with Gasteiger partial charge in [0.1, 0.15) is 10.1 Å².